The van der Waals surface area contributed by atoms with E-state index in [2.05, 4.69) is 31.4 Å². The molecule has 0 bridgehead atoms. The number of rotatable bonds is 5. The molecule has 0 saturated carbocycles. The van der Waals surface area contributed by atoms with Gasteiger partial charge in [0.15, 0.2) is 23.1 Å². The van der Waals surface area contributed by atoms with Crippen LogP contribution in [-0.2, 0) is 21.4 Å². The standard InChI is InChI=1S/C30H23BrN4O10/c1-35(2)9-15(37)34-32-8-10-6-12-16(29(44)33-10)26(41)21-11(22(12)31)4-5-30(21)27(42)19-20(28(30)43)25(40)18-17(24(19)39)13(36)7-14(45-3)23(18)38/h6-8,39-41H,4-5,9H2,1-3H3,(H,33,44)(H,34,37)/b32-8+/t30-/m0/s1. The first kappa shape index (κ1) is 29.9. The van der Waals surface area contributed by atoms with Crippen molar-refractivity contribution in [3.8, 4) is 17.2 Å². The molecule has 3 aliphatic carbocycles. The first-order valence-corrected chi connectivity index (χ1v) is 14.2. The van der Waals surface area contributed by atoms with Crippen molar-refractivity contribution in [1.82, 2.24) is 15.3 Å². The SMILES string of the molecule is COC1=CC(=O)c2c(O)c3c(c(O)c2C1=O)C(=O)[C@]1(CCc2c1c(O)c1c(=O)[nH]c(/C=N/NC(=O)CN(C)C)cc1c2Br)C3=O. The number of hydrazone groups is 1. The van der Waals surface area contributed by atoms with Crippen LogP contribution in [0.25, 0.3) is 10.8 Å². The lowest BCUT2D eigenvalue weighted by Gasteiger charge is -2.23. The number of hydrogen-bond donors (Lipinski definition) is 5. The molecule has 14 nitrogen and oxygen atoms in total. The van der Waals surface area contributed by atoms with E-state index in [0.29, 0.717) is 10.0 Å². The minimum atomic E-state index is -2.18. The van der Waals surface area contributed by atoms with Gasteiger partial charge in [-0.05, 0) is 54.5 Å². The summed E-state index contributed by atoms with van der Waals surface area (Å²) in [4.78, 5) is 83.5. The molecule has 1 heterocycles. The predicted molar refractivity (Wildman–Crippen MR) is 160 cm³/mol. The number of hydrogen-bond acceptors (Lipinski definition) is 12. The summed E-state index contributed by atoms with van der Waals surface area (Å²) in [6.45, 7) is 0.0794. The number of ketones is 4. The number of Topliss-reactive ketones (excluding diaryl/α,β-unsaturated/α-hetero) is 3. The Kier molecular flexibility index (Phi) is 6.78. The Bertz CT molecular complexity index is 2090. The van der Waals surface area contributed by atoms with Crippen LogP contribution in [0.5, 0.6) is 17.2 Å². The largest absolute Gasteiger partial charge is 0.507 e. The van der Waals surface area contributed by atoms with E-state index < -0.39 is 85.3 Å². The second-order valence-electron chi connectivity index (χ2n) is 11.1. The van der Waals surface area contributed by atoms with E-state index in [9.17, 15) is 44.1 Å². The number of aromatic amines is 1. The molecular weight excluding hydrogens is 656 g/mol. The van der Waals surface area contributed by atoms with Gasteiger partial charge < -0.3 is 29.9 Å². The number of methoxy groups -OCH3 is 1. The van der Waals surface area contributed by atoms with Gasteiger partial charge in [-0.25, -0.2) is 5.43 Å². The highest BCUT2D eigenvalue weighted by Gasteiger charge is 2.62. The number of fused-ring (bicyclic) bond motifs is 5. The van der Waals surface area contributed by atoms with Gasteiger partial charge in [-0.1, -0.05) is 0 Å². The molecule has 2 aromatic carbocycles. The molecule has 15 heteroatoms. The van der Waals surface area contributed by atoms with Gasteiger partial charge in [0.05, 0.1) is 53.2 Å². The molecular formula is C30H23BrN4O10. The monoisotopic (exact) mass is 678 g/mol. The van der Waals surface area contributed by atoms with E-state index >= 15 is 0 Å². The molecule has 3 aromatic rings. The van der Waals surface area contributed by atoms with Crippen LogP contribution in [0.15, 0.2) is 32.3 Å². The summed E-state index contributed by atoms with van der Waals surface area (Å²) in [5, 5.41) is 37.6. The van der Waals surface area contributed by atoms with Crippen molar-refractivity contribution in [3.05, 3.63) is 71.8 Å². The van der Waals surface area contributed by atoms with E-state index in [0.717, 1.165) is 13.2 Å². The molecule has 230 valence electrons. The summed E-state index contributed by atoms with van der Waals surface area (Å²) in [7, 11) is 4.54. The van der Waals surface area contributed by atoms with Gasteiger partial charge in [0.1, 0.15) is 22.7 Å². The minimum Gasteiger partial charge on any atom is -0.507 e. The number of nitrogens with one attached hydrogen (secondary N) is 2. The number of likely N-dealkylation sites (N-methyl/N-ethyl adjacent to an activating group) is 1. The Morgan fingerprint density at radius 3 is 2.33 bits per heavy atom. The summed E-state index contributed by atoms with van der Waals surface area (Å²) in [5.74, 6) is -7.35. The number of pyridine rings is 1. The van der Waals surface area contributed by atoms with E-state index in [4.69, 9.17) is 4.74 Å². The van der Waals surface area contributed by atoms with E-state index in [-0.39, 0.29) is 41.4 Å². The molecule has 0 saturated heterocycles. The zero-order valence-electron chi connectivity index (χ0n) is 23.8. The number of halogens is 1. The van der Waals surface area contributed by atoms with Gasteiger partial charge in [-0.3, -0.25) is 28.8 Å². The highest BCUT2D eigenvalue weighted by atomic mass is 79.9. The normalized spacial score (nSPS) is 18.6. The summed E-state index contributed by atoms with van der Waals surface area (Å²) in [5.41, 5.74) is -3.02. The third kappa shape index (κ3) is 4.00. The zero-order valence-corrected chi connectivity index (χ0v) is 25.4. The lowest BCUT2D eigenvalue weighted by atomic mass is 9.76. The lowest BCUT2D eigenvalue weighted by molar-refractivity contribution is -0.121. The number of H-pyrrole nitrogens is 1. The van der Waals surface area contributed by atoms with Crippen LogP contribution in [0.2, 0.25) is 0 Å². The molecule has 3 aliphatic rings. The topological polar surface area (TPSA) is 216 Å². The van der Waals surface area contributed by atoms with Crippen molar-refractivity contribution in [3.63, 3.8) is 0 Å². The van der Waals surface area contributed by atoms with Crippen LogP contribution in [0.3, 0.4) is 0 Å². The number of aromatic nitrogens is 1. The number of benzene rings is 2. The fraction of sp³-hybridized carbons (Fsp3) is 0.233. The maximum atomic E-state index is 14.2. The molecule has 0 fully saturated rings. The third-order valence-corrected chi connectivity index (χ3v) is 9.12. The van der Waals surface area contributed by atoms with Crippen molar-refractivity contribution in [2.75, 3.05) is 27.7 Å². The lowest BCUT2D eigenvalue weighted by Crippen LogP contribution is -2.36. The Labute approximate surface area is 261 Å². The molecule has 0 radical (unpaired) electrons. The van der Waals surface area contributed by atoms with Crippen molar-refractivity contribution >= 4 is 62.0 Å². The van der Waals surface area contributed by atoms with Crippen molar-refractivity contribution in [2.45, 2.75) is 18.3 Å². The summed E-state index contributed by atoms with van der Waals surface area (Å²) in [6, 6.07) is 1.48. The van der Waals surface area contributed by atoms with Crippen molar-refractivity contribution in [1.29, 1.82) is 0 Å². The van der Waals surface area contributed by atoms with Gasteiger partial charge >= 0.3 is 0 Å². The predicted octanol–water partition coefficient (Wildman–Crippen LogP) is 1.59. The zero-order chi connectivity index (χ0) is 32.7. The van der Waals surface area contributed by atoms with Gasteiger partial charge in [0.25, 0.3) is 11.5 Å². The van der Waals surface area contributed by atoms with Crippen molar-refractivity contribution in [2.24, 2.45) is 5.10 Å². The van der Waals surface area contributed by atoms with Gasteiger partial charge in [-0.2, -0.15) is 5.10 Å². The Balaban J connectivity index is 1.51. The van der Waals surface area contributed by atoms with Crippen LogP contribution in [-0.4, -0.2) is 88.2 Å². The Morgan fingerprint density at radius 1 is 1.07 bits per heavy atom. The number of allylic oxidation sites excluding steroid dienone is 2. The summed E-state index contributed by atoms with van der Waals surface area (Å²) in [6.07, 6.45) is 1.84. The van der Waals surface area contributed by atoms with Crippen LogP contribution >= 0.6 is 15.9 Å². The third-order valence-electron chi connectivity index (χ3n) is 8.22. The van der Waals surface area contributed by atoms with E-state index in [1.54, 1.807) is 19.0 Å². The highest BCUT2D eigenvalue weighted by Crippen LogP contribution is 2.58. The summed E-state index contributed by atoms with van der Waals surface area (Å²) < 4.78 is 5.21. The minimum absolute atomic E-state index is 0.0518. The quantitative estimate of drug-likeness (QED) is 0.113. The molecule has 1 atom stereocenters. The van der Waals surface area contributed by atoms with Crippen LogP contribution < -0.4 is 11.0 Å². The van der Waals surface area contributed by atoms with Crippen LogP contribution in [0, 0.1) is 0 Å². The first-order valence-electron chi connectivity index (χ1n) is 13.4. The van der Waals surface area contributed by atoms with Crippen molar-refractivity contribution < 1.29 is 44.0 Å². The average molecular weight is 679 g/mol. The second-order valence-corrected chi connectivity index (χ2v) is 11.8. The fourth-order valence-corrected chi connectivity index (χ4v) is 7.08. The molecule has 1 aromatic heterocycles. The second kappa shape index (κ2) is 10.2. The molecule has 6 rings (SSSR count). The van der Waals surface area contributed by atoms with Crippen LogP contribution in [0.1, 0.15) is 64.7 Å². The number of aromatic hydroxyl groups is 3. The number of amides is 1. The van der Waals surface area contributed by atoms with Gasteiger partial charge in [-0.15, -0.1) is 0 Å². The molecule has 1 spiro atoms. The maximum Gasteiger partial charge on any atom is 0.260 e. The molecule has 1 amide bonds. The van der Waals surface area contributed by atoms with E-state index in [1.165, 1.54) is 12.3 Å². The molecule has 0 aliphatic heterocycles. The van der Waals surface area contributed by atoms with Gasteiger partial charge in [0, 0.05) is 21.5 Å². The van der Waals surface area contributed by atoms with Gasteiger partial charge in [0.2, 0.25) is 5.78 Å². The highest BCUT2D eigenvalue weighted by molar-refractivity contribution is 9.10. The number of ether oxygens (including phenoxy) is 1. The van der Waals surface area contributed by atoms with Crippen LogP contribution in [0.4, 0.5) is 0 Å². The first-order chi connectivity index (χ1) is 21.3. The number of nitrogens with zero attached hydrogens (tertiary/aromatic N) is 2. The Morgan fingerprint density at radius 2 is 1.71 bits per heavy atom. The number of carbonyl (C=O) groups is 5. The average Bonchev–Trinajstić information content (AvgIpc) is 3.48. The molecule has 0 unspecified atom stereocenters. The molecule has 5 N–H and O–H groups in total. The number of carbonyl (C=O) groups excluding carboxylic acids is 5. The van der Waals surface area contributed by atoms with E-state index in [1.807, 2.05) is 0 Å². The summed E-state index contributed by atoms with van der Waals surface area (Å²) >= 11 is 3.46. The Hall–Kier alpha value is -5.15. The number of phenols is 3. The fourth-order valence-electron chi connectivity index (χ4n) is 6.37. The number of phenolic OH excluding ortho intramolecular Hbond substituents is 3. The smallest absolute Gasteiger partial charge is 0.260 e. The maximum absolute atomic E-state index is 14.2. The molecule has 45 heavy (non-hydrogen) atoms.